The second-order valence-electron chi connectivity index (χ2n) is 5.63. The predicted molar refractivity (Wildman–Crippen MR) is 75.7 cm³/mol. The first kappa shape index (κ1) is 17.5. The van der Waals surface area contributed by atoms with Crippen LogP contribution in [0.15, 0.2) is 29.2 Å². The smallest absolute Gasteiger partial charge is 0.324 e. The Labute approximate surface area is 122 Å². The molecule has 0 radical (unpaired) electrons. The number of benzene rings is 1. The van der Waals surface area contributed by atoms with E-state index in [4.69, 9.17) is 5.73 Å². The van der Waals surface area contributed by atoms with Gasteiger partial charge in [-0.25, -0.2) is 8.42 Å². The van der Waals surface area contributed by atoms with E-state index in [1.165, 1.54) is 18.2 Å². The third-order valence-electron chi connectivity index (χ3n) is 2.90. The van der Waals surface area contributed by atoms with E-state index in [-0.39, 0.29) is 5.69 Å². The lowest BCUT2D eigenvalue weighted by molar-refractivity contribution is -0.119. The highest BCUT2D eigenvalue weighted by atomic mass is 32.2. The van der Waals surface area contributed by atoms with Crippen molar-refractivity contribution in [3.63, 3.8) is 0 Å². The number of alkyl halides is 2. The maximum atomic E-state index is 12.6. The molecular formula is C13H18F2N2O3S. The number of nitrogens with two attached hydrogens (primary N) is 1. The molecule has 0 saturated heterocycles. The Morgan fingerprint density at radius 3 is 2.24 bits per heavy atom. The Bertz CT molecular complexity index is 625. The summed E-state index contributed by atoms with van der Waals surface area (Å²) in [6.07, 6.45) is 0. The minimum absolute atomic E-state index is 0.206. The number of para-hydroxylation sites is 1. The molecule has 0 heterocycles. The van der Waals surface area contributed by atoms with E-state index in [2.05, 4.69) is 5.32 Å². The molecule has 0 aliphatic heterocycles. The minimum Gasteiger partial charge on any atom is -0.324 e. The van der Waals surface area contributed by atoms with Crippen LogP contribution in [-0.2, 0) is 14.6 Å². The van der Waals surface area contributed by atoms with Crippen LogP contribution in [0.1, 0.15) is 20.8 Å². The zero-order chi connectivity index (χ0) is 16.4. The molecule has 1 atom stereocenters. The van der Waals surface area contributed by atoms with E-state index >= 15 is 0 Å². The molecule has 5 nitrogen and oxygen atoms in total. The van der Waals surface area contributed by atoms with Gasteiger partial charge < -0.3 is 11.1 Å². The topological polar surface area (TPSA) is 89.3 Å². The van der Waals surface area contributed by atoms with Gasteiger partial charge in [0.2, 0.25) is 15.7 Å². The summed E-state index contributed by atoms with van der Waals surface area (Å²) in [6, 6.07) is 4.07. The fourth-order valence-corrected chi connectivity index (χ4v) is 2.40. The highest BCUT2D eigenvalue weighted by Crippen LogP contribution is 2.27. The molecule has 8 heteroatoms. The van der Waals surface area contributed by atoms with Crippen LogP contribution >= 0.6 is 0 Å². The molecule has 3 N–H and O–H groups in total. The third kappa shape index (κ3) is 3.98. The monoisotopic (exact) mass is 320 g/mol. The van der Waals surface area contributed by atoms with Crippen LogP contribution in [0.4, 0.5) is 14.5 Å². The average Bonchev–Trinajstić information content (AvgIpc) is 2.36. The Balaban J connectivity index is 3.15. The molecule has 1 unspecified atom stereocenters. The summed E-state index contributed by atoms with van der Waals surface area (Å²) >= 11 is 0. The maximum Gasteiger partial charge on any atom is 0.341 e. The lowest BCUT2D eigenvalue weighted by atomic mass is 9.87. The van der Waals surface area contributed by atoms with Crippen LogP contribution in [0, 0.1) is 5.41 Å². The van der Waals surface area contributed by atoms with Crippen molar-refractivity contribution in [2.45, 2.75) is 37.5 Å². The average molecular weight is 320 g/mol. The lowest BCUT2D eigenvalue weighted by Gasteiger charge is -2.26. The van der Waals surface area contributed by atoms with Gasteiger partial charge >= 0.3 is 5.76 Å². The van der Waals surface area contributed by atoms with Crippen molar-refractivity contribution in [3.8, 4) is 0 Å². The highest BCUT2D eigenvalue weighted by molar-refractivity contribution is 7.91. The van der Waals surface area contributed by atoms with Crippen molar-refractivity contribution < 1.29 is 22.0 Å². The van der Waals surface area contributed by atoms with E-state index < -0.39 is 37.9 Å². The van der Waals surface area contributed by atoms with E-state index in [9.17, 15) is 22.0 Å². The molecule has 1 amide bonds. The van der Waals surface area contributed by atoms with Crippen LogP contribution in [0.2, 0.25) is 0 Å². The van der Waals surface area contributed by atoms with Gasteiger partial charge in [-0.2, -0.15) is 8.78 Å². The van der Waals surface area contributed by atoms with Crippen LogP contribution in [0.3, 0.4) is 0 Å². The van der Waals surface area contributed by atoms with Crippen molar-refractivity contribution in [1.29, 1.82) is 0 Å². The number of anilines is 1. The second-order valence-corrected chi connectivity index (χ2v) is 7.52. The summed E-state index contributed by atoms with van der Waals surface area (Å²) < 4.78 is 48.4. The number of carbonyl (C=O) groups excluding carboxylic acids is 1. The molecule has 0 aromatic heterocycles. The molecule has 0 bridgehead atoms. The molecule has 1 aromatic carbocycles. The number of hydrogen-bond donors (Lipinski definition) is 2. The highest BCUT2D eigenvalue weighted by Gasteiger charge is 2.32. The van der Waals surface area contributed by atoms with Crippen molar-refractivity contribution in [1.82, 2.24) is 0 Å². The summed E-state index contributed by atoms with van der Waals surface area (Å²) in [4.78, 5) is 11.4. The van der Waals surface area contributed by atoms with Gasteiger partial charge in [0.05, 0.1) is 16.6 Å². The first-order valence-corrected chi connectivity index (χ1v) is 7.70. The van der Waals surface area contributed by atoms with E-state index in [0.717, 1.165) is 6.07 Å². The fraction of sp³-hybridized carbons (Fsp3) is 0.462. The van der Waals surface area contributed by atoms with Gasteiger partial charge in [-0.15, -0.1) is 0 Å². The Hall–Kier alpha value is -1.54. The number of hydrogen-bond acceptors (Lipinski definition) is 4. The number of amides is 1. The summed E-state index contributed by atoms with van der Waals surface area (Å²) in [7, 11) is -4.80. The molecule has 0 spiro atoms. The summed E-state index contributed by atoms with van der Waals surface area (Å²) in [5.41, 5.74) is 4.99. The van der Waals surface area contributed by atoms with Crippen LogP contribution < -0.4 is 11.1 Å². The van der Waals surface area contributed by atoms with E-state index in [0.29, 0.717) is 0 Å². The van der Waals surface area contributed by atoms with Gasteiger partial charge in [0.15, 0.2) is 0 Å². The SMILES string of the molecule is CC(C)(C)C(N)C(=O)Nc1ccccc1S(=O)(=O)C(F)F. The molecule has 1 aromatic rings. The summed E-state index contributed by atoms with van der Waals surface area (Å²) in [5, 5.41) is 2.30. The minimum atomic E-state index is -4.80. The third-order valence-corrected chi connectivity index (χ3v) is 4.34. The Morgan fingerprint density at radius 1 is 1.24 bits per heavy atom. The maximum absolute atomic E-state index is 12.6. The van der Waals surface area contributed by atoms with Gasteiger partial charge in [-0.3, -0.25) is 4.79 Å². The van der Waals surface area contributed by atoms with E-state index in [1.807, 2.05) is 0 Å². The molecule has 0 aliphatic carbocycles. The lowest BCUT2D eigenvalue weighted by Crippen LogP contribution is -2.45. The molecule has 0 fully saturated rings. The van der Waals surface area contributed by atoms with E-state index in [1.54, 1.807) is 20.8 Å². The number of halogens is 2. The van der Waals surface area contributed by atoms with Gasteiger partial charge in [0.1, 0.15) is 0 Å². The number of rotatable bonds is 4. The Morgan fingerprint density at radius 2 is 1.76 bits per heavy atom. The second kappa shape index (κ2) is 6.07. The van der Waals surface area contributed by atoms with Crippen molar-refractivity contribution in [2.75, 3.05) is 5.32 Å². The van der Waals surface area contributed by atoms with Gasteiger partial charge in [0.25, 0.3) is 0 Å². The molecule has 118 valence electrons. The van der Waals surface area contributed by atoms with Crippen molar-refractivity contribution in [2.24, 2.45) is 11.1 Å². The van der Waals surface area contributed by atoms with Crippen LogP contribution in [0.25, 0.3) is 0 Å². The fourth-order valence-electron chi connectivity index (χ4n) is 1.52. The molecule has 1 rings (SSSR count). The Kier molecular flexibility index (Phi) is 5.06. The zero-order valence-corrected chi connectivity index (χ0v) is 12.7. The van der Waals surface area contributed by atoms with Crippen LogP contribution in [0.5, 0.6) is 0 Å². The normalized spacial score (nSPS) is 14.0. The van der Waals surface area contributed by atoms with Crippen molar-refractivity contribution >= 4 is 21.4 Å². The molecule has 0 aliphatic rings. The number of nitrogens with one attached hydrogen (secondary N) is 1. The molecule has 21 heavy (non-hydrogen) atoms. The van der Waals surface area contributed by atoms with Crippen LogP contribution in [-0.4, -0.2) is 26.1 Å². The van der Waals surface area contributed by atoms with Gasteiger partial charge in [-0.1, -0.05) is 32.9 Å². The predicted octanol–water partition coefficient (Wildman–Crippen LogP) is 1.99. The quantitative estimate of drug-likeness (QED) is 0.888. The molecular weight excluding hydrogens is 302 g/mol. The standard InChI is InChI=1S/C13H18F2N2O3S/c1-13(2,3)10(16)11(18)17-8-6-4-5-7-9(8)21(19,20)12(14)15/h4-7,10,12H,16H2,1-3H3,(H,17,18). The van der Waals surface area contributed by atoms with Gasteiger partial charge in [-0.05, 0) is 17.5 Å². The number of carbonyl (C=O) groups is 1. The summed E-state index contributed by atoms with van der Waals surface area (Å²) in [6.45, 7) is 5.21. The number of sulfone groups is 1. The largest absolute Gasteiger partial charge is 0.341 e. The zero-order valence-electron chi connectivity index (χ0n) is 11.9. The summed E-state index contributed by atoms with van der Waals surface area (Å²) in [5.74, 6) is -4.20. The van der Waals surface area contributed by atoms with Crippen molar-refractivity contribution in [3.05, 3.63) is 24.3 Å². The molecule has 0 saturated carbocycles. The first-order chi connectivity index (χ1) is 9.48. The first-order valence-electron chi connectivity index (χ1n) is 6.15. The van der Waals surface area contributed by atoms with Gasteiger partial charge in [0, 0.05) is 0 Å².